The summed E-state index contributed by atoms with van der Waals surface area (Å²) in [5.74, 6) is 0.552. The van der Waals surface area contributed by atoms with Gasteiger partial charge in [0.1, 0.15) is 4.34 Å². The first kappa shape index (κ1) is 14.8. The quantitative estimate of drug-likeness (QED) is 0.834. The number of nitrogens with one attached hydrogen (secondary N) is 1. The van der Waals surface area contributed by atoms with Gasteiger partial charge in [-0.15, -0.1) is 11.3 Å². The van der Waals surface area contributed by atoms with Crippen molar-refractivity contribution in [3.8, 4) is 0 Å². The number of thiophene rings is 1. The molecule has 1 N–H and O–H groups in total. The first-order valence-corrected chi connectivity index (χ1v) is 8.45. The lowest BCUT2D eigenvalue weighted by molar-refractivity contribution is 0.0779. The van der Waals surface area contributed by atoms with E-state index in [1.807, 2.05) is 0 Å². The van der Waals surface area contributed by atoms with Gasteiger partial charge in [0, 0.05) is 27.9 Å². The Morgan fingerprint density at radius 3 is 2.94 bits per heavy atom. The first-order chi connectivity index (χ1) is 8.67. The minimum absolute atomic E-state index is 0.358. The van der Waals surface area contributed by atoms with Crippen LogP contribution in [0.25, 0.3) is 0 Å². The molecular weight excluding hydrogens is 334 g/mol. The predicted octanol–water partition coefficient (Wildman–Crippen LogP) is 4.63. The molecule has 2 heterocycles. The number of hydrogen-bond acceptors (Lipinski definition) is 3. The highest BCUT2D eigenvalue weighted by Crippen LogP contribution is 2.41. The smallest absolute Gasteiger partial charge is 0.107 e. The molecule has 1 aliphatic rings. The molecule has 0 aliphatic carbocycles. The second-order valence-electron chi connectivity index (χ2n) is 4.58. The van der Waals surface area contributed by atoms with Crippen LogP contribution >= 0.6 is 38.9 Å². The fourth-order valence-electron chi connectivity index (χ4n) is 2.67. The van der Waals surface area contributed by atoms with Gasteiger partial charge in [0.15, 0.2) is 0 Å². The summed E-state index contributed by atoms with van der Waals surface area (Å²) in [4.78, 5) is 1.31. The molecule has 0 saturated carbocycles. The fraction of sp³-hybridized carbons (Fsp3) is 0.692. The Hall–Kier alpha value is 0.390. The molecule has 102 valence electrons. The van der Waals surface area contributed by atoms with E-state index in [9.17, 15) is 0 Å². The number of rotatable bonds is 5. The summed E-state index contributed by atoms with van der Waals surface area (Å²) >= 11 is 11.3. The third kappa shape index (κ3) is 3.10. The molecular formula is C13H19BrClNOS. The lowest BCUT2D eigenvalue weighted by Crippen LogP contribution is -2.32. The molecule has 18 heavy (non-hydrogen) atoms. The Bertz CT molecular complexity index is 379. The van der Waals surface area contributed by atoms with E-state index in [0.717, 1.165) is 34.8 Å². The van der Waals surface area contributed by atoms with Gasteiger partial charge in [-0.1, -0.05) is 25.4 Å². The van der Waals surface area contributed by atoms with Crippen molar-refractivity contribution in [3.05, 3.63) is 19.8 Å². The van der Waals surface area contributed by atoms with Gasteiger partial charge in [-0.25, -0.2) is 0 Å². The zero-order chi connectivity index (χ0) is 13.1. The molecule has 0 amide bonds. The topological polar surface area (TPSA) is 21.3 Å². The molecule has 0 spiro atoms. The minimum atomic E-state index is 0.358. The van der Waals surface area contributed by atoms with Gasteiger partial charge in [0.25, 0.3) is 0 Å². The van der Waals surface area contributed by atoms with E-state index in [0.29, 0.717) is 18.1 Å². The monoisotopic (exact) mass is 351 g/mol. The average Bonchev–Trinajstić information content (AvgIpc) is 2.94. The summed E-state index contributed by atoms with van der Waals surface area (Å²) < 4.78 is 7.65. The van der Waals surface area contributed by atoms with Crippen molar-refractivity contribution < 1.29 is 4.74 Å². The summed E-state index contributed by atoms with van der Waals surface area (Å²) in [7, 11) is 0. The lowest BCUT2D eigenvalue weighted by Gasteiger charge is -2.27. The van der Waals surface area contributed by atoms with Crippen molar-refractivity contribution in [2.45, 2.75) is 38.8 Å². The predicted molar refractivity (Wildman–Crippen MR) is 81.6 cm³/mol. The van der Waals surface area contributed by atoms with Crippen LogP contribution in [-0.2, 0) is 4.74 Å². The molecule has 3 unspecified atom stereocenters. The lowest BCUT2D eigenvalue weighted by atomic mass is 9.90. The number of hydrogen-bond donors (Lipinski definition) is 1. The summed E-state index contributed by atoms with van der Waals surface area (Å²) in [5.41, 5.74) is 0. The Morgan fingerprint density at radius 2 is 2.39 bits per heavy atom. The van der Waals surface area contributed by atoms with Gasteiger partial charge in [-0.2, -0.15) is 0 Å². The van der Waals surface area contributed by atoms with Crippen molar-refractivity contribution in [2.75, 3.05) is 13.2 Å². The van der Waals surface area contributed by atoms with Crippen molar-refractivity contribution in [3.63, 3.8) is 0 Å². The maximum Gasteiger partial charge on any atom is 0.107 e. The molecule has 1 aromatic rings. The van der Waals surface area contributed by atoms with E-state index in [1.54, 1.807) is 11.3 Å². The van der Waals surface area contributed by atoms with Crippen molar-refractivity contribution in [2.24, 2.45) is 5.92 Å². The van der Waals surface area contributed by atoms with Gasteiger partial charge >= 0.3 is 0 Å². The zero-order valence-electron chi connectivity index (χ0n) is 10.7. The highest BCUT2D eigenvalue weighted by Gasteiger charge is 2.35. The third-order valence-electron chi connectivity index (χ3n) is 3.49. The molecule has 5 heteroatoms. The van der Waals surface area contributed by atoms with Crippen LogP contribution in [0.2, 0.25) is 4.34 Å². The molecule has 1 saturated heterocycles. The molecule has 2 nitrogen and oxygen atoms in total. The van der Waals surface area contributed by atoms with E-state index < -0.39 is 0 Å². The first-order valence-electron chi connectivity index (χ1n) is 6.47. The standard InChI is InChI=1S/C13H19BrClNOS/c1-3-10-8(5-6-17-10)12(16-4-2)11-7-9(14)13(15)18-11/h7-8,10,12,16H,3-6H2,1-2H3. The molecule has 1 aliphatic heterocycles. The van der Waals surface area contributed by atoms with Crippen LogP contribution in [0.15, 0.2) is 10.5 Å². The van der Waals surface area contributed by atoms with Crippen LogP contribution in [0.5, 0.6) is 0 Å². The zero-order valence-corrected chi connectivity index (χ0v) is 13.9. The highest BCUT2D eigenvalue weighted by atomic mass is 79.9. The molecule has 2 rings (SSSR count). The van der Waals surface area contributed by atoms with Crippen LogP contribution in [0.3, 0.4) is 0 Å². The van der Waals surface area contributed by atoms with E-state index >= 15 is 0 Å². The van der Waals surface area contributed by atoms with E-state index in [-0.39, 0.29) is 0 Å². The van der Waals surface area contributed by atoms with Crippen LogP contribution in [-0.4, -0.2) is 19.3 Å². The van der Waals surface area contributed by atoms with E-state index in [4.69, 9.17) is 16.3 Å². The van der Waals surface area contributed by atoms with Crippen molar-refractivity contribution >= 4 is 38.9 Å². The third-order valence-corrected chi connectivity index (χ3v) is 6.04. The van der Waals surface area contributed by atoms with Crippen molar-refractivity contribution in [1.82, 2.24) is 5.32 Å². The van der Waals surface area contributed by atoms with Gasteiger partial charge in [-0.05, 0) is 41.4 Å². The van der Waals surface area contributed by atoms with Crippen molar-refractivity contribution in [1.29, 1.82) is 0 Å². The van der Waals surface area contributed by atoms with Crippen LogP contribution in [0.1, 0.15) is 37.6 Å². The molecule has 1 fully saturated rings. The van der Waals surface area contributed by atoms with Gasteiger partial charge in [-0.3, -0.25) is 0 Å². The normalized spacial score (nSPS) is 25.6. The minimum Gasteiger partial charge on any atom is -0.378 e. The molecule has 1 aromatic heterocycles. The molecule has 3 atom stereocenters. The second-order valence-corrected chi connectivity index (χ2v) is 7.12. The molecule has 0 bridgehead atoms. The average molecular weight is 353 g/mol. The van der Waals surface area contributed by atoms with Crippen LogP contribution in [0, 0.1) is 5.92 Å². The second kappa shape index (κ2) is 6.71. The summed E-state index contributed by atoms with van der Waals surface area (Å²) in [6.07, 6.45) is 2.57. The maximum absolute atomic E-state index is 6.16. The Morgan fingerprint density at radius 1 is 1.61 bits per heavy atom. The SMILES string of the molecule is CCNC(c1cc(Br)c(Cl)s1)C1CCOC1CC. The maximum atomic E-state index is 6.16. The van der Waals surface area contributed by atoms with Gasteiger partial charge < -0.3 is 10.1 Å². The number of halogens is 2. The Kier molecular flexibility index (Phi) is 5.51. The Balaban J connectivity index is 2.21. The molecule has 0 radical (unpaired) electrons. The van der Waals surface area contributed by atoms with Gasteiger partial charge in [0.2, 0.25) is 0 Å². The number of ether oxygens (including phenoxy) is 1. The van der Waals surface area contributed by atoms with Crippen LogP contribution in [0.4, 0.5) is 0 Å². The van der Waals surface area contributed by atoms with E-state index in [1.165, 1.54) is 4.88 Å². The van der Waals surface area contributed by atoms with E-state index in [2.05, 4.69) is 41.2 Å². The fourth-order valence-corrected chi connectivity index (χ4v) is 4.55. The highest BCUT2D eigenvalue weighted by molar-refractivity contribution is 9.10. The van der Waals surface area contributed by atoms with Crippen LogP contribution < -0.4 is 5.32 Å². The summed E-state index contributed by atoms with van der Waals surface area (Å²) in [5, 5.41) is 3.60. The summed E-state index contributed by atoms with van der Waals surface area (Å²) in [6.45, 7) is 6.19. The van der Waals surface area contributed by atoms with Gasteiger partial charge in [0.05, 0.1) is 6.10 Å². The summed E-state index contributed by atoms with van der Waals surface area (Å²) in [6, 6.07) is 2.50. The largest absolute Gasteiger partial charge is 0.378 e. The molecule has 0 aromatic carbocycles. The Labute approximate surface area is 126 Å².